The van der Waals surface area contributed by atoms with Gasteiger partial charge in [-0.25, -0.2) is 4.79 Å². The zero-order valence-corrected chi connectivity index (χ0v) is 9.80. The topological polar surface area (TPSA) is 89.7 Å². The van der Waals surface area contributed by atoms with E-state index in [0.29, 0.717) is 11.4 Å². The highest BCUT2D eigenvalue weighted by Gasteiger charge is 2.30. The fraction of sp³-hybridized carbons (Fsp3) is 0.250. The average Bonchev–Trinajstić information content (AvgIpc) is 2.68. The van der Waals surface area contributed by atoms with Gasteiger partial charge in [-0.15, -0.1) is 0 Å². The minimum atomic E-state index is -0.519. The Labute approximate surface area is 103 Å². The maximum absolute atomic E-state index is 11.6. The molecule has 1 saturated heterocycles. The van der Waals surface area contributed by atoms with Gasteiger partial charge >= 0.3 is 5.97 Å². The summed E-state index contributed by atoms with van der Waals surface area (Å²) in [6.07, 6.45) is -0.123. The normalized spacial score (nSPS) is 15.1. The SMILES string of the molecule is COC(=O)c1ccc(N)c(N2CC(=O)CC2=O)c1. The summed E-state index contributed by atoms with van der Waals surface area (Å²) >= 11 is 0. The van der Waals surface area contributed by atoms with Crippen LogP contribution in [0, 0.1) is 0 Å². The molecule has 0 bridgehead atoms. The van der Waals surface area contributed by atoms with E-state index in [1.165, 1.54) is 30.2 Å². The average molecular weight is 248 g/mol. The largest absolute Gasteiger partial charge is 0.465 e. The van der Waals surface area contributed by atoms with Crippen LogP contribution in [-0.2, 0) is 14.3 Å². The number of Topliss-reactive ketones (excluding diaryl/α,β-unsaturated/α-hetero) is 1. The van der Waals surface area contributed by atoms with Gasteiger partial charge in [0.05, 0.1) is 37.0 Å². The minimum Gasteiger partial charge on any atom is -0.465 e. The third-order valence-corrected chi connectivity index (χ3v) is 2.73. The molecule has 18 heavy (non-hydrogen) atoms. The fourth-order valence-electron chi connectivity index (χ4n) is 1.83. The number of nitrogens with two attached hydrogens (primary N) is 1. The molecule has 6 heteroatoms. The van der Waals surface area contributed by atoms with Crippen LogP contribution < -0.4 is 10.6 Å². The number of hydrogen-bond acceptors (Lipinski definition) is 5. The summed E-state index contributed by atoms with van der Waals surface area (Å²) in [7, 11) is 1.27. The van der Waals surface area contributed by atoms with Gasteiger partial charge in [0.2, 0.25) is 5.91 Å². The molecular weight excluding hydrogens is 236 g/mol. The number of esters is 1. The van der Waals surface area contributed by atoms with Gasteiger partial charge in [-0.1, -0.05) is 0 Å². The third-order valence-electron chi connectivity index (χ3n) is 2.73. The highest BCUT2D eigenvalue weighted by atomic mass is 16.5. The van der Waals surface area contributed by atoms with Crippen molar-refractivity contribution in [1.82, 2.24) is 0 Å². The lowest BCUT2D eigenvalue weighted by Gasteiger charge is -2.17. The maximum Gasteiger partial charge on any atom is 0.337 e. The summed E-state index contributed by atoms with van der Waals surface area (Å²) in [5.41, 5.74) is 6.76. The number of ether oxygens (including phenoxy) is 1. The van der Waals surface area contributed by atoms with E-state index in [0.717, 1.165) is 0 Å². The van der Waals surface area contributed by atoms with E-state index in [1.54, 1.807) is 0 Å². The van der Waals surface area contributed by atoms with E-state index in [2.05, 4.69) is 4.74 Å². The Morgan fingerprint density at radius 3 is 2.67 bits per heavy atom. The van der Waals surface area contributed by atoms with E-state index in [-0.39, 0.29) is 30.2 Å². The van der Waals surface area contributed by atoms with E-state index < -0.39 is 5.97 Å². The first-order valence-corrected chi connectivity index (χ1v) is 5.33. The van der Waals surface area contributed by atoms with Crippen LogP contribution >= 0.6 is 0 Å². The Morgan fingerprint density at radius 1 is 1.39 bits per heavy atom. The van der Waals surface area contributed by atoms with E-state index in [1.807, 2.05) is 0 Å². The molecule has 1 aromatic carbocycles. The molecule has 0 atom stereocenters. The lowest BCUT2D eigenvalue weighted by atomic mass is 10.1. The molecule has 0 unspecified atom stereocenters. The molecule has 2 rings (SSSR count). The molecule has 94 valence electrons. The second-order valence-corrected chi connectivity index (χ2v) is 3.96. The molecule has 0 aliphatic carbocycles. The van der Waals surface area contributed by atoms with Gasteiger partial charge in [0.25, 0.3) is 0 Å². The summed E-state index contributed by atoms with van der Waals surface area (Å²) in [6.45, 7) is -0.00629. The molecule has 1 fully saturated rings. The van der Waals surface area contributed by atoms with Gasteiger partial charge in [0, 0.05) is 0 Å². The molecule has 2 N–H and O–H groups in total. The van der Waals surface area contributed by atoms with Gasteiger partial charge in [-0.2, -0.15) is 0 Å². The van der Waals surface area contributed by atoms with Crippen molar-refractivity contribution in [3.63, 3.8) is 0 Å². The molecule has 1 heterocycles. The number of nitrogens with zero attached hydrogens (tertiary/aromatic N) is 1. The quantitative estimate of drug-likeness (QED) is 0.463. The fourth-order valence-corrected chi connectivity index (χ4v) is 1.83. The van der Waals surface area contributed by atoms with Gasteiger partial charge in [0.15, 0.2) is 5.78 Å². The van der Waals surface area contributed by atoms with Crippen LogP contribution in [0.1, 0.15) is 16.8 Å². The summed E-state index contributed by atoms with van der Waals surface area (Å²) in [5, 5.41) is 0. The molecule has 0 spiro atoms. The van der Waals surface area contributed by atoms with Crippen LogP contribution in [0.3, 0.4) is 0 Å². The number of carbonyl (C=O) groups is 3. The van der Waals surface area contributed by atoms with Gasteiger partial charge in [0.1, 0.15) is 0 Å². The molecule has 0 saturated carbocycles. The predicted octanol–water partition coefficient (Wildman–Crippen LogP) is 0.361. The molecule has 6 nitrogen and oxygen atoms in total. The Morgan fingerprint density at radius 2 is 2.11 bits per heavy atom. The third kappa shape index (κ3) is 2.04. The van der Waals surface area contributed by atoms with Crippen LogP contribution in [0.4, 0.5) is 11.4 Å². The Kier molecular flexibility index (Phi) is 3.01. The smallest absolute Gasteiger partial charge is 0.337 e. The highest BCUT2D eigenvalue weighted by Crippen LogP contribution is 2.27. The molecule has 0 aromatic heterocycles. The second-order valence-electron chi connectivity index (χ2n) is 3.96. The van der Waals surface area contributed by atoms with Crippen molar-refractivity contribution >= 4 is 29.0 Å². The van der Waals surface area contributed by atoms with Crippen LogP contribution in [0.5, 0.6) is 0 Å². The summed E-state index contributed by atoms with van der Waals surface area (Å²) in [5.74, 6) is -0.995. The van der Waals surface area contributed by atoms with E-state index >= 15 is 0 Å². The molecular formula is C12H12N2O4. The van der Waals surface area contributed by atoms with Crippen LogP contribution in [0.15, 0.2) is 18.2 Å². The number of rotatable bonds is 2. The van der Waals surface area contributed by atoms with Crippen molar-refractivity contribution in [3.8, 4) is 0 Å². The number of benzene rings is 1. The highest BCUT2D eigenvalue weighted by molar-refractivity contribution is 6.16. The van der Waals surface area contributed by atoms with E-state index in [9.17, 15) is 14.4 Å². The first-order chi connectivity index (χ1) is 8.52. The number of amides is 1. The first kappa shape index (κ1) is 12.1. The van der Waals surface area contributed by atoms with Crippen LogP contribution in [0.2, 0.25) is 0 Å². The molecule has 1 aliphatic heterocycles. The van der Waals surface area contributed by atoms with Gasteiger partial charge in [-0.3, -0.25) is 9.59 Å². The van der Waals surface area contributed by atoms with Crippen molar-refractivity contribution in [1.29, 1.82) is 0 Å². The van der Waals surface area contributed by atoms with Crippen LogP contribution in [0.25, 0.3) is 0 Å². The van der Waals surface area contributed by atoms with Gasteiger partial charge in [-0.05, 0) is 18.2 Å². The van der Waals surface area contributed by atoms with Crippen molar-refractivity contribution in [2.24, 2.45) is 0 Å². The Bertz CT molecular complexity index is 539. The van der Waals surface area contributed by atoms with Crippen molar-refractivity contribution in [2.75, 3.05) is 24.3 Å². The summed E-state index contributed by atoms with van der Waals surface area (Å²) in [4.78, 5) is 35.5. The summed E-state index contributed by atoms with van der Waals surface area (Å²) in [6, 6.07) is 4.47. The van der Waals surface area contributed by atoms with Gasteiger partial charge < -0.3 is 15.4 Å². The molecule has 0 radical (unpaired) electrons. The Balaban J connectivity index is 2.41. The lowest BCUT2D eigenvalue weighted by molar-refractivity contribution is -0.121. The van der Waals surface area contributed by atoms with Crippen molar-refractivity contribution in [3.05, 3.63) is 23.8 Å². The second kappa shape index (κ2) is 4.48. The standard InChI is InChI=1S/C12H12N2O4/c1-18-12(17)7-2-3-9(13)10(4-7)14-6-8(15)5-11(14)16/h2-4H,5-6,13H2,1H3. The number of methoxy groups -OCH3 is 1. The van der Waals surface area contributed by atoms with Crippen molar-refractivity contribution in [2.45, 2.75) is 6.42 Å². The lowest BCUT2D eigenvalue weighted by Crippen LogP contribution is -2.25. The predicted molar refractivity (Wildman–Crippen MR) is 64.2 cm³/mol. The zero-order chi connectivity index (χ0) is 13.3. The minimum absolute atomic E-state index is 0.00629. The molecule has 1 amide bonds. The van der Waals surface area contributed by atoms with Crippen LogP contribution in [-0.4, -0.2) is 31.3 Å². The monoisotopic (exact) mass is 248 g/mol. The molecule has 1 aromatic rings. The van der Waals surface area contributed by atoms with Crippen molar-refractivity contribution < 1.29 is 19.1 Å². The maximum atomic E-state index is 11.6. The summed E-state index contributed by atoms with van der Waals surface area (Å²) < 4.78 is 4.59. The zero-order valence-electron chi connectivity index (χ0n) is 9.80. The molecule has 1 aliphatic rings. The number of ketones is 1. The number of hydrogen-bond donors (Lipinski definition) is 1. The number of carbonyl (C=O) groups excluding carboxylic acids is 3. The first-order valence-electron chi connectivity index (χ1n) is 5.33. The number of anilines is 2. The number of nitrogen functional groups attached to an aromatic ring is 1. The van der Waals surface area contributed by atoms with E-state index in [4.69, 9.17) is 5.73 Å². The Hall–Kier alpha value is -2.37.